The van der Waals surface area contributed by atoms with Crippen molar-refractivity contribution in [2.75, 3.05) is 0 Å². The third-order valence-corrected chi connectivity index (χ3v) is 5.31. The summed E-state index contributed by atoms with van der Waals surface area (Å²) in [4.78, 5) is 33.1. The summed E-state index contributed by atoms with van der Waals surface area (Å²) in [6, 6.07) is 9.09. The van der Waals surface area contributed by atoms with Gasteiger partial charge in [-0.2, -0.15) is 0 Å². The second-order valence-electron chi connectivity index (χ2n) is 8.08. The normalized spacial score (nSPS) is 11.7. The number of carbonyl (C=O) groups excluding carboxylic acids is 2. The van der Waals surface area contributed by atoms with Crippen molar-refractivity contribution in [1.82, 2.24) is 9.97 Å². The van der Waals surface area contributed by atoms with Crippen LogP contribution in [0.15, 0.2) is 42.7 Å². The minimum Gasteiger partial charge on any atom is -0.427 e. The van der Waals surface area contributed by atoms with Crippen LogP contribution in [0.5, 0.6) is 11.5 Å². The van der Waals surface area contributed by atoms with Crippen molar-refractivity contribution in [3.63, 3.8) is 0 Å². The lowest BCUT2D eigenvalue weighted by Crippen LogP contribution is -2.13. The summed E-state index contributed by atoms with van der Waals surface area (Å²) in [6.45, 7) is 4.30. The fourth-order valence-electron chi connectivity index (χ4n) is 3.47. The molecule has 0 saturated carbocycles. The highest BCUT2D eigenvalue weighted by Gasteiger charge is 2.18. The van der Waals surface area contributed by atoms with Crippen molar-refractivity contribution in [3.05, 3.63) is 48.5 Å². The highest BCUT2D eigenvalue weighted by molar-refractivity contribution is 5.72. The fourth-order valence-corrected chi connectivity index (χ4v) is 3.47. The van der Waals surface area contributed by atoms with Crippen LogP contribution >= 0.6 is 0 Å². The first-order valence-electron chi connectivity index (χ1n) is 11.9. The summed E-state index contributed by atoms with van der Waals surface area (Å²) in [6.07, 6.45) is 12.8. The topological polar surface area (TPSA) is 78.4 Å². The molecule has 174 valence electrons. The van der Waals surface area contributed by atoms with Crippen molar-refractivity contribution < 1.29 is 19.1 Å². The molecule has 0 aliphatic carbocycles. The third-order valence-electron chi connectivity index (χ3n) is 5.31. The van der Waals surface area contributed by atoms with Crippen LogP contribution in [-0.4, -0.2) is 21.9 Å². The maximum atomic E-state index is 12.3. The van der Waals surface area contributed by atoms with Gasteiger partial charge in [-0.25, -0.2) is 9.97 Å². The standard InChI is InChI=1S/C26H36N2O4/c1-3-5-7-12-16-24(29)32-23-19-27-26(28-20-23)21(13-9-6-4-2)17-18-25(30)31-22-14-10-8-11-15-22/h8,10-11,14-15,19-21H,3-7,9,12-13,16-18H2,1-2H3. The van der Waals surface area contributed by atoms with E-state index in [0.717, 1.165) is 51.4 Å². The lowest BCUT2D eigenvalue weighted by Gasteiger charge is -2.15. The Bertz CT molecular complexity index is 793. The minimum absolute atomic E-state index is 0.0590. The van der Waals surface area contributed by atoms with Gasteiger partial charge in [-0.15, -0.1) is 0 Å². The van der Waals surface area contributed by atoms with E-state index >= 15 is 0 Å². The van der Waals surface area contributed by atoms with Crippen molar-refractivity contribution >= 4 is 11.9 Å². The van der Waals surface area contributed by atoms with Crippen LogP contribution in [0.1, 0.15) is 96.2 Å². The molecule has 0 aliphatic heterocycles. The van der Waals surface area contributed by atoms with Gasteiger partial charge in [-0.3, -0.25) is 9.59 Å². The first-order valence-corrected chi connectivity index (χ1v) is 11.9. The van der Waals surface area contributed by atoms with Gasteiger partial charge in [0, 0.05) is 18.8 Å². The van der Waals surface area contributed by atoms with Crippen LogP contribution < -0.4 is 9.47 Å². The molecule has 6 nitrogen and oxygen atoms in total. The zero-order chi connectivity index (χ0) is 23.0. The number of benzene rings is 1. The zero-order valence-corrected chi connectivity index (χ0v) is 19.4. The Balaban J connectivity index is 1.89. The number of aromatic nitrogens is 2. The predicted octanol–water partition coefficient (Wildman–Crippen LogP) is 6.40. The number of rotatable bonds is 15. The number of ether oxygens (including phenoxy) is 2. The number of hydrogen-bond donors (Lipinski definition) is 0. The van der Waals surface area contributed by atoms with Gasteiger partial charge in [-0.05, 0) is 31.4 Å². The van der Waals surface area contributed by atoms with Crippen LogP contribution in [0, 0.1) is 0 Å². The van der Waals surface area contributed by atoms with Crippen LogP contribution in [0.3, 0.4) is 0 Å². The zero-order valence-electron chi connectivity index (χ0n) is 19.4. The number of unbranched alkanes of at least 4 members (excludes halogenated alkanes) is 5. The summed E-state index contributed by atoms with van der Waals surface area (Å²) in [7, 11) is 0. The monoisotopic (exact) mass is 440 g/mol. The Kier molecular flexibility index (Phi) is 12.0. The van der Waals surface area contributed by atoms with E-state index in [4.69, 9.17) is 9.47 Å². The molecule has 2 rings (SSSR count). The molecule has 32 heavy (non-hydrogen) atoms. The van der Waals surface area contributed by atoms with Gasteiger partial charge in [0.15, 0.2) is 5.75 Å². The number of nitrogens with zero attached hydrogens (tertiary/aromatic N) is 2. The molecule has 0 spiro atoms. The maximum absolute atomic E-state index is 12.3. The Morgan fingerprint density at radius 3 is 2.06 bits per heavy atom. The molecule has 1 aromatic carbocycles. The summed E-state index contributed by atoms with van der Waals surface area (Å²) in [5, 5.41) is 0. The second-order valence-corrected chi connectivity index (χ2v) is 8.08. The first kappa shape index (κ1) is 25.5. The molecule has 1 unspecified atom stereocenters. The molecule has 2 aromatic rings. The van der Waals surface area contributed by atoms with Crippen LogP contribution in [0.4, 0.5) is 0 Å². The van der Waals surface area contributed by atoms with E-state index in [2.05, 4.69) is 23.8 Å². The molecule has 0 saturated heterocycles. The van der Waals surface area contributed by atoms with Gasteiger partial charge in [0.25, 0.3) is 0 Å². The van der Waals surface area contributed by atoms with Crippen molar-refractivity contribution in [2.45, 2.75) is 90.4 Å². The molecule has 0 amide bonds. The van der Waals surface area contributed by atoms with E-state index in [1.54, 1.807) is 24.5 Å². The van der Waals surface area contributed by atoms with Gasteiger partial charge >= 0.3 is 11.9 Å². The van der Waals surface area contributed by atoms with Crippen LogP contribution in [0.2, 0.25) is 0 Å². The predicted molar refractivity (Wildman–Crippen MR) is 125 cm³/mol. The molecular weight excluding hydrogens is 404 g/mol. The Labute approximate surface area is 191 Å². The number of para-hydroxylation sites is 1. The Morgan fingerprint density at radius 2 is 1.38 bits per heavy atom. The van der Waals surface area contributed by atoms with Crippen molar-refractivity contribution in [3.8, 4) is 11.5 Å². The molecule has 1 aromatic heterocycles. The maximum Gasteiger partial charge on any atom is 0.311 e. The average molecular weight is 441 g/mol. The van der Waals surface area contributed by atoms with E-state index in [1.807, 2.05) is 18.2 Å². The molecular formula is C26H36N2O4. The third kappa shape index (κ3) is 10.0. The summed E-state index contributed by atoms with van der Waals surface area (Å²) in [5.74, 6) is 1.15. The molecule has 6 heteroatoms. The summed E-state index contributed by atoms with van der Waals surface area (Å²) >= 11 is 0. The molecule has 0 fully saturated rings. The molecule has 1 heterocycles. The Hall–Kier alpha value is -2.76. The minimum atomic E-state index is -0.259. The first-order chi connectivity index (χ1) is 15.6. The van der Waals surface area contributed by atoms with Gasteiger partial charge in [0.2, 0.25) is 0 Å². The van der Waals surface area contributed by atoms with Gasteiger partial charge in [0.1, 0.15) is 11.6 Å². The quantitative estimate of drug-likeness (QED) is 0.181. The molecule has 0 radical (unpaired) electrons. The van der Waals surface area contributed by atoms with Gasteiger partial charge in [-0.1, -0.05) is 70.6 Å². The summed E-state index contributed by atoms with van der Waals surface area (Å²) in [5.41, 5.74) is 0. The fraction of sp³-hybridized carbons (Fsp3) is 0.538. The largest absolute Gasteiger partial charge is 0.427 e. The van der Waals surface area contributed by atoms with Gasteiger partial charge < -0.3 is 9.47 Å². The second kappa shape index (κ2) is 15.1. The van der Waals surface area contributed by atoms with E-state index in [0.29, 0.717) is 36.6 Å². The van der Waals surface area contributed by atoms with Crippen molar-refractivity contribution in [2.24, 2.45) is 0 Å². The van der Waals surface area contributed by atoms with Crippen LogP contribution in [-0.2, 0) is 9.59 Å². The average Bonchev–Trinajstić information content (AvgIpc) is 2.80. The van der Waals surface area contributed by atoms with Gasteiger partial charge in [0.05, 0.1) is 12.4 Å². The lowest BCUT2D eigenvalue weighted by molar-refractivity contribution is -0.135. The molecule has 1 atom stereocenters. The van der Waals surface area contributed by atoms with E-state index in [-0.39, 0.29) is 17.9 Å². The molecule has 0 bridgehead atoms. The van der Waals surface area contributed by atoms with E-state index in [1.165, 1.54) is 0 Å². The molecule has 0 N–H and O–H groups in total. The van der Waals surface area contributed by atoms with E-state index < -0.39 is 0 Å². The van der Waals surface area contributed by atoms with Crippen molar-refractivity contribution in [1.29, 1.82) is 0 Å². The van der Waals surface area contributed by atoms with E-state index in [9.17, 15) is 9.59 Å². The molecule has 0 aliphatic rings. The number of hydrogen-bond acceptors (Lipinski definition) is 6. The SMILES string of the molecule is CCCCCCC(=O)Oc1cnc(C(CCCCC)CCC(=O)Oc2ccccc2)nc1. The summed E-state index contributed by atoms with van der Waals surface area (Å²) < 4.78 is 10.8. The number of esters is 2. The smallest absolute Gasteiger partial charge is 0.311 e. The highest BCUT2D eigenvalue weighted by Crippen LogP contribution is 2.26. The number of carbonyl (C=O) groups is 2. The highest BCUT2D eigenvalue weighted by atomic mass is 16.5. The lowest BCUT2D eigenvalue weighted by atomic mass is 9.95. The van der Waals surface area contributed by atoms with Crippen LogP contribution in [0.25, 0.3) is 0 Å². The Morgan fingerprint density at radius 1 is 0.750 bits per heavy atom.